The fraction of sp³-hybridized carbons (Fsp3) is 0.625. The first-order valence-electron chi connectivity index (χ1n) is 7.31. The monoisotopic (exact) mass is 248 g/mol. The number of rotatable bonds is 8. The van der Waals surface area contributed by atoms with E-state index in [9.17, 15) is 0 Å². The van der Waals surface area contributed by atoms with Crippen molar-refractivity contribution in [2.45, 2.75) is 58.9 Å². The average Bonchev–Trinajstić information content (AvgIpc) is 2.43. The van der Waals surface area contributed by atoms with Crippen molar-refractivity contribution in [3.63, 3.8) is 0 Å². The van der Waals surface area contributed by atoms with Crippen LogP contribution in [0, 0.1) is 5.92 Å². The lowest BCUT2D eigenvalue weighted by Gasteiger charge is -2.26. The predicted molar refractivity (Wildman–Crippen MR) is 79.2 cm³/mol. The maximum Gasteiger partial charge on any atom is 0.0488 e. The Kier molecular flexibility index (Phi) is 6.99. The molecule has 2 heteroatoms. The summed E-state index contributed by atoms with van der Waals surface area (Å²) in [6.45, 7) is 6.70. The highest BCUT2D eigenvalue weighted by atomic mass is 15.2. The van der Waals surface area contributed by atoms with Gasteiger partial charge in [0.1, 0.15) is 0 Å². The number of hydrogen-bond donors (Lipinski definition) is 2. The van der Waals surface area contributed by atoms with Crippen molar-refractivity contribution in [2.75, 3.05) is 0 Å². The van der Waals surface area contributed by atoms with Gasteiger partial charge in [-0.25, -0.2) is 0 Å². The van der Waals surface area contributed by atoms with Crippen LogP contribution in [-0.4, -0.2) is 0 Å². The summed E-state index contributed by atoms with van der Waals surface area (Å²) in [6.07, 6.45) is 6.03. The van der Waals surface area contributed by atoms with Gasteiger partial charge in [0, 0.05) is 6.04 Å². The summed E-state index contributed by atoms with van der Waals surface area (Å²) in [5.41, 5.74) is 5.75. The molecule has 1 aromatic carbocycles. The van der Waals surface area contributed by atoms with Gasteiger partial charge in [-0.15, -0.1) is 0 Å². The van der Waals surface area contributed by atoms with Crippen LogP contribution in [-0.2, 0) is 6.42 Å². The SMILES string of the molecule is CCCCC(CC)C(NN)c1cccc(CC)c1. The van der Waals surface area contributed by atoms with Crippen LogP contribution in [0.2, 0.25) is 0 Å². The largest absolute Gasteiger partial charge is 0.271 e. The van der Waals surface area contributed by atoms with E-state index < -0.39 is 0 Å². The van der Waals surface area contributed by atoms with Gasteiger partial charge in [0.2, 0.25) is 0 Å². The molecule has 0 radical (unpaired) electrons. The van der Waals surface area contributed by atoms with E-state index in [0.717, 1.165) is 6.42 Å². The standard InChI is InChI=1S/C16H28N2/c1-4-7-10-14(6-3)16(18-17)15-11-8-9-13(5-2)12-15/h8-9,11-12,14,16,18H,4-7,10,17H2,1-3H3. The second-order valence-electron chi connectivity index (χ2n) is 5.05. The molecule has 0 fully saturated rings. The lowest BCUT2D eigenvalue weighted by atomic mass is 9.86. The summed E-state index contributed by atoms with van der Waals surface area (Å²) in [6, 6.07) is 9.10. The normalized spacial score (nSPS) is 14.4. The molecule has 2 nitrogen and oxygen atoms in total. The van der Waals surface area contributed by atoms with E-state index in [0.29, 0.717) is 5.92 Å². The van der Waals surface area contributed by atoms with Gasteiger partial charge in [-0.05, 0) is 29.9 Å². The molecule has 2 unspecified atom stereocenters. The van der Waals surface area contributed by atoms with E-state index >= 15 is 0 Å². The maximum absolute atomic E-state index is 5.79. The molecule has 102 valence electrons. The third kappa shape index (κ3) is 4.11. The number of aryl methyl sites for hydroxylation is 1. The quantitative estimate of drug-likeness (QED) is 0.539. The van der Waals surface area contributed by atoms with Crippen LogP contribution in [0.3, 0.4) is 0 Å². The molecule has 18 heavy (non-hydrogen) atoms. The summed E-state index contributed by atoms with van der Waals surface area (Å²) in [7, 11) is 0. The van der Waals surface area contributed by atoms with Crippen LogP contribution in [0.5, 0.6) is 0 Å². The molecule has 0 heterocycles. The minimum absolute atomic E-state index is 0.285. The Bertz CT molecular complexity index is 336. The summed E-state index contributed by atoms with van der Waals surface area (Å²) < 4.78 is 0. The molecule has 0 saturated carbocycles. The lowest BCUT2D eigenvalue weighted by molar-refractivity contribution is 0.326. The van der Waals surface area contributed by atoms with Crippen LogP contribution in [0.1, 0.15) is 63.6 Å². The van der Waals surface area contributed by atoms with Crippen LogP contribution in [0.25, 0.3) is 0 Å². The summed E-state index contributed by atoms with van der Waals surface area (Å²) in [5, 5.41) is 0. The summed E-state index contributed by atoms with van der Waals surface area (Å²) in [5.74, 6) is 6.42. The van der Waals surface area contributed by atoms with Gasteiger partial charge in [-0.1, -0.05) is 64.3 Å². The van der Waals surface area contributed by atoms with Crippen molar-refractivity contribution in [1.82, 2.24) is 5.43 Å². The maximum atomic E-state index is 5.79. The molecule has 0 amide bonds. The number of benzene rings is 1. The smallest absolute Gasteiger partial charge is 0.0488 e. The minimum atomic E-state index is 0.285. The molecule has 1 rings (SSSR count). The molecule has 1 aromatic rings. The highest BCUT2D eigenvalue weighted by molar-refractivity contribution is 5.26. The van der Waals surface area contributed by atoms with Gasteiger partial charge >= 0.3 is 0 Å². The average molecular weight is 248 g/mol. The van der Waals surface area contributed by atoms with Gasteiger partial charge in [-0.3, -0.25) is 11.3 Å². The Balaban J connectivity index is 2.84. The Morgan fingerprint density at radius 1 is 1.22 bits per heavy atom. The van der Waals surface area contributed by atoms with E-state index in [1.165, 1.54) is 36.8 Å². The molecular weight excluding hydrogens is 220 g/mol. The Hall–Kier alpha value is -0.860. The molecule has 0 aliphatic rings. The second-order valence-corrected chi connectivity index (χ2v) is 5.05. The van der Waals surface area contributed by atoms with Crippen molar-refractivity contribution >= 4 is 0 Å². The van der Waals surface area contributed by atoms with E-state index in [1.807, 2.05) is 0 Å². The Morgan fingerprint density at radius 3 is 2.56 bits per heavy atom. The van der Waals surface area contributed by atoms with Gasteiger partial charge in [-0.2, -0.15) is 0 Å². The van der Waals surface area contributed by atoms with E-state index in [2.05, 4.69) is 50.5 Å². The van der Waals surface area contributed by atoms with Crippen molar-refractivity contribution in [3.8, 4) is 0 Å². The van der Waals surface area contributed by atoms with Crippen molar-refractivity contribution < 1.29 is 0 Å². The zero-order chi connectivity index (χ0) is 13.4. The van der Waals surface area contributed by atoms with Crippen LogP contribution in [0.4, 0.5) is 0 Å². The molecule has 2 atom stereocenters. The molecule has 0 saturated heterocycles. The van der Waals surface area contributed by atoms with Crippen molar-refractivity contribution in [1.29, 1.82) is 0 Å². The molecule has 0 aliphatic heterocycles. The number of nitrogens with two attached hydrogens (primary N) is 1. The highest BCUT2D eigenvalue weighted by Gasteiger charge is 2.20. The Labute approximate surface area is 112 Å². The fourth-order valence-corrected chi connectivity index (χ4v) is 2.58. The highest BCUT2D eigenvalue weighted by Crippen LogP contribution is 2.28. The number of hydrazine groups is 1. The van der Waals surface area contributed by atoms with Gasteiger partial charge in [0.15, 0.2) is 0 Å². The van der Waals surface area contributed by atoms with E-state index in [-0.39, 0.29) is 6.04 Å². The topological polar surface area (TPSA) is 38.0 Å². The van der Waals surface area contributed by atoms with E-state index in [1.54, 1.807) is 0 Å². The first-order valence-corrected chi connectivity index (χ1v) is 7.31. The zero-order valence-corrected chi connectivity index (χ0v) is 12.1. The second kappa shape index (κ2) is 8.28. The van der Waals surface area contributed by atoms with Crippen molar-refractivity contribution in [2.24, 2.45) is 11.8 Å². The molecule has 0 aromatic heterocycles. The van der Waals surface area contributed by atoms with Crippen molar-refractivity contribution in [3.05, 3.63) is 35.4 Å². The zero-order valence-electron chi connectivity index (χ0n) is 12.1. The van der Waals surface area contributed by atoms with Gasteiger partial charge < -0.3 is 0 Å². The first kappa shape index (κ1) is 15.2. The number of unbranched alkanes of at least 4 members (excludes halogenated alkanes) is 1. The minimum Gasteiger partial charge on any atom is -0.271 e. The Morgan fingerprint density at radius 2 is 2.00 bits per heavy atom. The van der Waals surface area contributed by atoms with Crippen LogP contribution >= 0.6 is 0 Å². The van der Waals surface area contributed by atoms with Crippen LogP contribution in [0.15, 0.2) is 24.3 Å². The summed E-state index contributed by atoms with van der Waals surface area (Å²) in [4.78, 5) is 0. The third-order valence-corrected chi connectivity index (χ3v) is 3.82. The molecule has 0 spiro atoms. The number of nitrogens with one attached hydrogen (secondary N) is 1. The van der Waals surface area contributed by atoms with Gasteiger partial charge in [0.05, 0.1) is 0 Å². The molecular formula is C16H28N2. The third-order valence-electron chi connectivity index (χ3n) is 3.82. The lowest BCUT2D eigenvalue weighted by Crippen LogP contribution is -2.33. The molecule has 3 N–H and O–H groups in total. The van der Waals surface area contributed by atoms with Gasteiger partial charge in [0.25, 0.3) is 0 Å². The summed E-state index contributed by atoms with van der Waals surface area (Å²) >= 11 is 0. The molecule has 0 bridgehead atoms. The number of hydrogen-bond acceptors (Lipinski definition) is 2. The van der Waals surface area contributed by atoms with Crippen LogP contribution < -0.4 is 11.3 Å². The molecule has 0 aliphatic carbocycles. The fourth-order valence-electron chi connectivity index (χ4n) is 2.58. The predicted octanol–water partition coefficient (Wildman–Crippen LogP) is 3.97. The first-order chi connectivity index (χ1) is 8.76. The van der Waals surface area contributed by atoms with E-state index in [4.69, 9.17) is 5.84 Å².